The molecule has 0 bridgehead atoms. The Kier molecular flexibility index (Phi) is 6.93. The van der Waals surface area contributed by atoms with Gasteiger partial charge in [-0.3, -0.25) is 9.89 Å². The number of unbranched alkanes of at least 4 members (excludes halogenated alkanes) is 1. The van der Waals surface area contributed by atoms with Crippen molar-refractivity contribution < 1.29 is 14.3 Å². The van der Waals surface area contributed by atoms with E-state index >= 15 is 0 Å². The molecule has 0 aliphatic rings. The third-order valence-corrected chi connectivity index (χ3v) is 4.41. The minimum absolute atomic E-state index is 0.264. The van der Waals surface area contributed by atoms with Gasteiger partial charge in [-0.25, -0.2) is 4.98 Å². The number of carbonyl (C=O) groups is 1. The molecule has 0 spiro atoms. The largest absolute Gasteiger partial charge is 0.496 e. The van der Waals surface area contributed by atoms with Crippen molar-refractivity contribution in [1.29, 1.82) is 0 Å². The van der Waals surface area contributed by atoms with E-state index < -0.39 is 0 Å². The number of hydrogen-bond donors (Lipinski definition) is 1. The van der Waals surface area contributed by atoms with Crippen LogP contribution in [-0.2, 0) is 9.53 Å². The second-order valence-corrected chi connectivity index (χ2v) is 6.84. The van der Waals surface area contributed by atoms with Gasteiger partial charge in [0.15, 0.2) is 5.82 Å². The second-order valence-electron chi connectivity index (χ2n) is 5.09. The van der Waals surface area contributed by atoms with Crippen LogP contribution in [0.25, 0.3) is 11.4 Å². The van der Waals surface area contributed by atoms with Crippen molar-refractivity contribution in [2.45, 2.75) is 37.1 Å². The van der Waals surface area contributed by atoms with E-state index in [1.807, 2.05) is 6.92 Å². The first-order valence-corrected chi connectivity index (χ1v) is 8.90. The zero-order chi connectivity index (χ0) is 17.5. The number of aromatic nitrogens is 3. The van der Waals surface area contributed by atoms with Crippen LogP contribution in [0.1, 0.15) is 26.7 Å². The molecule has 2 aromatic rings. The smallest absolute Gasteiger partial charge is 0.319 e. The molecule has 0 aliphatic carbocycles. The van der Waals surface area contributed by atoms with Crippen molar-refractivity contribution in [2.24, 2.45) is 0 Å². The number of thioether (sulfide) groups is 1. The van der Waals surface area contributed by atoms with E-state index in [4.69, 9.17) is 21.1 Å². The lowest BCUT2D eigenvalue weighted by atomic mass is 10.2. The number of benzene rings is 1. The second kappa shape index (κ2) is 8.94. The minimum atomic E-state index is -0.383. The average molecular weight is 370 g/mol. The van der Waals surface area contributed by atoms with Gasteiger partial charge in [0.1, 0.15) is 11.0 Å². The predicted octanol–water partition coefficient (Wildman–Crippen LogP) is 3.96. The Morgan fingerprint density at radius 2 is 2.25 bits per heavy atom. The highest BCUT2D eigenvalue weighted by Crippen LogP contribution is 2.31. The lowest BCUT2D eigenvalue weighted by molar-refractivity contribution is -0.142. The standard InChI is InChI=1S/C16H20ClN3O3S/c1-4-5-8-23-15(21)10(2)24-16-18-14(19-20-16)12-9-11(17)6-7-13(12)22-3/h6-7,9-10H,4-5,8H2,1-3H3,(H,18,19,20). The molecule has 0 saturated heterocycles. The van der Waals surface area contributed by atoms with Gasteiger partial charge in [-0.1, -0.05) is 36.7 Å². The number of methoxy groups -OCH3 is 1. The first-order valence-electron chi connectivity index (χ1n) is 7.64. The van der Waals surface area contributed by atoms with Crippen molar-refractivity contribution in [3.63, 3.8) is 0 Å². The van der Waals surface area contributed by atoms with Gasteiger partial charge < -0.3 is 9.47 Å². The van der Waals surface area contributed by atoms with Crippen LogP contribution in [0.4, 0.5) is 0 Å². The lowest BCUT2D eigenvalue weighted by Crippen LogP contribution is -2.17. The van der Waals surface area contributed by atoms with E-state index in [-0.39, 0.29) is 11.2 Å². The molecule has 0 fully saturated rings. The summed E-state index contributed by atoms with van der Waals surface area (Å²) in [7, 11) is 1.58. The van der Waals surface area contributed by atoms with Crippen LogP contribution in [0.15, 0.2) is 23.4 Å². The van der Waals surface area contributed by atoms with E-state index in [0.29, 0.717) is 33.9 Å². The molecule has 0 radical (unpaired) electrons. The molecular weight excluding hydrogens is 350 g/mol. The summed E-state index contributed by atoms with van der Waals surface area (Å²) in [5.74, 6) is 0.905. The Hall–Kier alpha value is -1.73. The van der Waals surface area contributed by atoms with E-state index in [0.717, 1.165) is 12.8 Å². The molecule has 1 aromatic heterocycles. The van der Waals surface area contributed by atoms with Crippen molar-refractivity contribution in [1.82, 2.24) is 15.2 Å². The van der Waals surface area contributed by atoms with Crippen LogP contribution in [0, 0.1) is 0 Å². The number of hydrogen-bond acceptors (Lipinski definition) is 6. The van der Waals surface area contributed by atoms with Crippen LogP contribution in [0.2, 0.25) is 5.02 Å². The fourth-order valence-corrected chi connectivity index (χ4v) is 2.82. The maximum Gasteiger partial charge on any atom is 0.319 e. The molecule has 1 atom stereocenters. The van der Waals surface area contributed by atoms with Gasteiger partial charge in [0.05, 0.1) is 19.3 Å². The van der Waals surface area contributed by atoms with Crippen molar-refractivity contribution in [2.75, 3.05) is 13.7 Å². The first-order chi connectivity index (χ1) is 11.5. The summed E-state index contributed by atoms with van der Waals surface area (Å²) in [6.45, 7) is 4.26. The third kappa shape index (κ3) is 4.88. The number of carbonyl (C=O) groups excluding carboxylic acids is 1. The molecule has 1 heterocycles. The van der Waals surface area contributed by atoms with Crippen LogP contribution >= 0.6 is 23.4 Å². The number of nitrogens with one attached hydrogen (secondary N) is 1. The highest BCUT2D eigenvalue weighted by atomic mass is 35.5. The normalized spacial score (nSPS) is 12.0. The first kappa shape index (κ1) is 18.6. The monoisotopic (exact) mass is 369 g/mol. The van der Waals surface area contributed by atoms with Crippen LogP contribution in [-0.4, -0.2) is 40.1 Å². The number of rotatable bonds is 8. The van der Waals surface area contributed by atoms with Gasteiger partial charge in [0, 0.05) is 5.02 Å². The molecular formula is C16H20ClN3O3S. The van der Waals surface area contributed by atoms with Crippen molar-refractivity contribution in [3.8, 4) is 17.1 Å². The SMILES string of the molecule is CCCCOC(=O)C(C)Sc1n[nH]c(-c2cc(Cl)ccc2OC)n1. The summed E-state index contributed by atoms with van der Waals surface area (Å²) < 4.78 is 10.5. The maximum atomic E-state index is 11.9. The van der Waals surface area contributed by atoms with E-state index in [1.165, 1.54) is 11.8 Å². The predicted molar refractivity (Wildman–Crippen MR) is 94.6 cm³/mol. The van der Waals surface area contributed by atoms with Gasteiger partial charge in [0.2, 0.25) is 5.16 Å². The fraction of sp³-hybridized carbons (Fsp3) is 0.438. The van der Waals surface area contributed by atoms with Crippen molar-refractivity contribution >= 4 is 29.3 Å². The molecule has 130 valence electrons. The molecule has 8 heteroatoms. The van der Waals surface area contributed by atoms with Crippen LogP contribution in [0.3, 0.4) is 0 Å². The van der Waals surface area contributed by atoms with Gasteiger partial charge in [0.25, 0.3) is 0 Å². The molecule has 1 aromatic carbocycles. The lowest BCUT2D eigenvalue weighted by Gasteiger charge is -2.08. The van der Waals surface area contributed by atoms with Gasteiger partial charge in [-0.05, 0) is 31.5 Å². The molecule has 24 heavy (non-hydrogen) atoms. The summed E-state index contributed by atoms with van der Waals surface area (Å²) in [6.07, 6.45) is 1.85. The highest BCUT2D eigenvalue weighted by Gasteiger charge is 2.19. The Labute approximate surface area is 150 Å². The number of H-pyrrole nitrogens is 1. The summed E-state index contributed by atoms with van der Waals surface area (Å²) in [5.41, 5.74) is 0.711. The zero-order valence-corrected chi connectivity index (χ0v) is 15.4. The quantitative estimate of drug-likeness (QED) is 0.431. The molecule has 0 amide bonds. The molecule has 1 N–H and O–H groups in total. The molecule has 6 nitrogen and oxygen atoms in total. The molecule has 0 saturated carbocycles. The number of ether oxygens (including phenoxy) is 2. The van der Waals surface area contributed by atoms with E-state index in [1.54, 1.807) is 32.2 Å². The number of halogens is 1. The van der Waals surface area contributed by atoms with E-state index in [9.17, 15) is 4.79 Å². The average Bonchev–Trinajstić information content (AvgIpc) is 3.03. The summed E-state index contributed by atoms with van der Waals surface area (Å²) in [5, 5.41) is 7.64. The van der Waals surface area contributed by atoms with Gasteiger partial charge in [-0.2, -0.15) is 0 Å². The van der Waals surface area contributed by atoms with Crippen LogP contribution < -0.4 is 4.74 Å². The Bertz CT molecular complexity index is 693. The maximum absolute atomic E-state index is 11.9. The topological polar surface area (TPSA) is 77.1 Å². The summed E-state index contributed by atoms with van der Waals surface area (Å²) >= 11 is 7.27. The van der Waals surface area contributed by atoms with Gasteiger partial charge >= 0.3 is 5.97 Å². The number of nitrogens with zero attached hydrogens (tertiary/aromatic N) is 2. The summed E-state index contributed by atoms with van der Waals surface area (Å²) in [4.78, 5) is 16.3. The minimum Gasteiger partial charge on any atom is -0.496 e. The third-order valence-electron chi connectivity index (χ3n) is 3.24. The zero-order valence-electron chi connectivity index (χ0n) is 13.8. The molecule has 1 unspecified atom stereocenters. The summed E-state index contributed by atoms with van der Waals surface area (Å²) in [6, 6.07) is 5.25. The van der Waals surface area contributed by atoms with E-state index in [2.05, 4.69) is 15.2 Å². The number of esters is 1. The van der Waals surface area contributed by atoms with Gasteiger partial charge in [-0.15, -0.1) is 5.10 Å². The molecule has 0 aliphatic heterocycles. The van der Waals surface area contributed by atoms with Crippen molar-refractivity contribution in [3.05, 3.63) is 23.2 Å². The Balaban J connectivity index is 2.06. The Morgan fingerprint density at radius 3 is 2.96 bits per heavy atom. The molecule has 2 rings (SSSR count). The fourth-order valence-electron chi connectivity index (χ4n) is 1.93. The highest BCUT2D eigenvalue weighted by molar-refractivity contribution is 8.00. The number of aromatic amines is 1. The Morgan fingerprint density at radius 1 is 1.46 bits per heavy atom. The van der Waals surface area contributed by atoms with Crippen LogP contribution in [0.5, 0.6) is 5.75 Å².